The number of carboxylic acid groups (broad SMARTS) is 1. The second kappa shape index (κ2) is 7.09. The Hall–Kier alpha value is -2.07. The highest BCUT2D eigenvalue weighted by Crippen LogP contribution is 2.25. The van der Waals surface area contributed by atoms with Crippen LogP contribution in [0, 0.1) is 5.82 Å². The van der Waals surface area contributed by atoms with Crippen molar-refractivity contribution in [3.63, 3.8) is 0 Å². The summed E-state index contributed by atoms with van der Waals surface area (Å²) in [7, 11) is 0. The van der Waals surface area contributed by atoms with E-state index in [1.54, 1.807) is 30.3 Å². The molecule has 0 heterocycles. The summed E-state index contributed by atoms with van der Waals surface area (Å²) in [5.74, 6) is -1.78. The van der Waals surface area contributed by atoms with Crippen molar-refractivity contribution in [3.05, 3.63) is 64.9 Å². The first-order chi connectivity index (χ1) is 10.1. The monoisotopic (exact) mass is 308 g/mol. The lowest BCUT2D eigenvalue weighted by atomic mass is 9.96. The van der Waals surface area contributed by atoms with Crippen molar-refractivity contribution in [1.82, 2.24) is 0 Å². The van der Waals surface area contributed by atoms with Crippen LogP contribution in [-0.4, -0.2) is 17.7 Å². The molecule has 3 nitrogen and oxygen atoms in total. The second-order valence-electron chi connectivity index (χ2n) is 4.51. The Labute approximate surface area is 126 Å². The SMILES string of the molecule is O=C(O)C(CCOc1ccccc1Cl)c1cccc(F)c1. The summed E-state index contributed by atoms with van der Waals surface area (Å²) in [6, 6.07) is 12.6. The third-order valence-corrected chi connectivity index (χ3v) is 3.36. The Morgan fingerprint density at radius 2 is 2.00 bits per heavy atom. The zero-order chi connectivity index (χ0) is 15.2. The van der Waals surface area contributed by atoms with Crippen LogP contribution in [0.2, 0.25) is 5.02 Å². The minimum atomic E-state index is -1.01. The van der Waals surface area contributed by atoms with Crippen LogP contribution in [0.25, 0.3) is 0 Å². The summed E-state index contributed by atoms with van der Waals surface area (Å²) in [6.45, 7) is 0.178. The first kappa shape index (κ1) is 15.3. The quantitative estimate of drug-likeness (QED) is 0.873. The topological polar surface area (TPSA) is 46.5 Å². The fraction of sp³-hybridized carbons (Fsp3) is 0.188. The van der Waals surface area contributed by atoms with Crippen molar-refractivity contribution < 1.29 is 19.0 Å². The molecule has 0 aliphatic rings. The molecule has 0 saturated carbocycles. The Morgan fingerprint density at radius 3 is 2.67 bits per heavy atom. The molecule has 2 aromatic rings. The molecule has 0 bridgehead atoms. The van der Waals surface area contributed by atoms with E-state index < -0.39 is 17.7 Å². The van der Waals surface area contributed by atoms with Crippen LogP contribution >= 0.6 is 11.6 Å². The molecule has 0 spiro atoms. The fourth-order valence-electron chi connectivity index (χ4n) is 2.00. The van der Waals surface area contributed by atoms with Gasteiger partial charge in [-0.15, -0.1) is 0 Å². The van der Waals surface area contributed by atoms with Crippen LogP contribution in [0.4, 0.5) is 4.39 Å². The van der Waals surface area contributed by atoms with Gasteiger partial charge in [-0.3, -0.25) is 4.79 Å². The van der Waals surface area contributed by atoms with Crippen LogP contribution in [0.3, 0.4) is 0 Å². The molecule has 0 aliphatic carbocycles. The number of carbonyl (C=O) groups is 1. The maximum absolute atomic E-state index is 13.2. The van der Waals surface area contributed by atoms with Gasteiger partial charge in [0.2, 0.25) is 0 Å². The number of benzene rings is 2. The van der Waals surface area contributed by atoms with Crippen LogP contribution in [-0.2, 0) is 4.79 Å². The van der Waals surface area contributed by atoms with E-state index in [9.17, 15) is 14.3 Å². The van der Waals surface area contributed by atoms with Gasteiger partial charge in [-0.25, -0.2) is 4.39 Å². The van der Waals surface area contributed by atoms with Gasteiger partial charge in [-0.05, 0) is 36.2 Å². The number of aliphatic carboxylic acids is 1. The average molecular weight is 309 g/mol. The maximum Gasteiger partial charge on any atom is 0.311 e. The molecular formula is C16H14ClFO3. The van der Waals surface area contributed by atoms with E-state index in [4.69, 9.17) is 16.3 Å². The van der Waals surface area contributed by atoms with Crippen LogP contribution in [0.15, 0.2) is 48.5 Å². The van der Waals surface area contributed by atoms with E-state index in [2.05, 4.69) is 0 Å². The number of hydrogen-bond donors (Lipinski definition) is 1. The average Bonchev–Trinajstić information content (AvgIpc) is 2.45. The van der Waals surface area contributed by atoms with E-state index in [0.717, 1.165) is 0 Å². The summed E-state index contributed by atoms with van der Waals surface area (Å²) < 4.78 is 18.7. The van der Waals surface area contributed by atoms with E-state index in [1.807, 2.05) is 0 Å². The summed E-state index contributed by atoms with van der Waals surface area (Å²) in [6.07, 6.45) is 0.226. The number of rotatable bonds is 6. The molecule has 110 valence electrons. The summed E-state index contributed by atoms with van der Waals surface area (Å²) >= 11 is 5.95. The standard InChI is InChI=1S/C16H14ClFO3/c17-14-6-1-2-7-15(14)21-9-8-13(16(19)20)11-4-3-5-12(18)10-11/h1-7,10,13H,8-9H2,(H,19,20). The van der Waals surface area contributed by atoms with Crippen molar-refractivity contribution >= 4 is 17.6 Å². The van der Waals surface area contributed by atoms with Gasteiger partial charge in [0.05, 0.1) is 17.5 Å². The molecule has 1 atom stereocenters. The number of para-hydroxylation sites is 1. The summed E-state index contributed by atoms with van der Waals surface area (Å²) in [5, 5.41) is 9.73. The highest BCUT2D eigenvalue weighted by atomic mass is 35.5. The van der Waals surface area contributed by atoms with Crippen molar-refractivity contribution in [3.8, 4) is 5.75 Å². The third-order valence-electron chi connectivity index (χ3n) is 3.05. The van der Waals surface area contributed by atoms with Gasteiger partial charge in [0.25, 0.3) is 0 Å². The van der Waals surface area contributed by atoms with E-state index in [-0.39, 0.29) is 13.0 Å². The molecule has 2 aromatic carbocycles. The van der Waals surface area contributed by atoms with Gasteiger partial charge in [0.1, 0.15) is 11.6 Å². The van der Waals surface area contributed by atoms with Crippen LogP contribution in [0.1, 0.15) is 17.9 Å². The zero-order valence-electron chi connectivity index (χ0n) is 11.1. The molecule has 1 N–H and O–H groups in total. The normalized spacial score (nSPS) is 11.9. The highest BCUT2D eigenvalue weighted by molar-refractivity contribution is 6.32. The zero-order valence-corrected chi connectivity index (χ0v) is 11.9. The fourth-order valence-corrected chi connectivity index (χ4v) is 2.19. The summed E-state index contributed by atoms with van der Waals surface area (Å²) in [5.41, 5.74) is 0.422. The lowest BCUT2D eigenvalue weighted by Crippen LogP contribution is -2.15. The molecule has 0 aliphatic heterocycles. The van der Waals surface area contributed by atoms with Crippen molar-refractivity contribution in [2.75, 3.05) is 6.61 Å². The Balaban J connectivity index is 2.01. The van der Waals surface area contributed by atoms with Crippen molar-refractivity contribution in [1.29, 1.82) is 0 Å². The Morgan fingerprint density at radius 1 is 1.24 bits per heavy atom. The lowest BCUT2D eigenvalue weighted by molar-refractivity contribution is -0.139. The Bertz CT molecular complexity index is 630. The van der Waals surface area contributed by atoms with Gasteiger partial charge in [0, 0.05) is 0 Å². The molecular weight excluding hydrogens is 295 g/mol. The Kier molecular flexibility index (Phi) is 5.17. The van der Waals surface area contributed by atoms with Gasteiger partial charge in [0.15, 0.2) is 0 Å². The van der Waals surface area contributed by atoms with E-state index in [0.29, 0.717) is 16.3 Å². The second-order valence-corrected chi connectivity index (χ2v) is 4.92. The number of ether oxygens (including phenoxy) is 1. The highest BCUT2D eigenvalue weighted by Gasteiger charge is 2.20. The van der Waals surface area contributed by atoms with Gasteiger partial charge in [-0.2, -0.15) is 0 Å². The predicted octanol–water partition coefficient (Wildman–Crippen LogP) is 4.12. The predicted molar refractivity (Wildman–Crippen MR) is 78.3 cm³/mol. The van der Waals surface area contributed by atoms with Gasteiger partial charge >= 0.3 is 5.97 Å². The van der Waals surface area contributed by atoms with Crippen molar-refractivity contribution in [2.24, 2.45) is 0 Å². The first-order valence-electron chi connectivity index (χ1n) is 6.43. The summed E-state index contributed by atoms with van der Waals surface area (Å²) in [4.78, 5) is 11.3. The molecule has 5 heteroatoms. The first-order valence-corrected chi connectivity index (χ1v) is 6.81. The molecule has 2 rings (SSSR count). The molecule has 0 fully saturated rings. The molecule has 0 aromatic heterocycles. The molecule has 0 saturated heterocycles. The molecule has 21 heavy (non-hydrogen) atoms. The minimum Gasteiger partial charge on any atom is -0.492 e. The molecule has 0 amide bonds. The smallest absolute Gasteiger partial charge is 0.311 e. The maximum atomic E-state index is 13.2. The minimum absolute atomic E-state index is 0.178. The van der Waals surface area contributed by atoms with Gasteiger partial charge < -0.3 is 9.84 Å². The van der Waals surface area contributed by atoms with Crippen LogP contribution < -0.4 is 4.74 Å². The van der Waals surface area contributed by atoms with E-state index in [1.165, 1.54) is 18.2 Å². The van der Waals surface area contributed by atoms with Crippen LogP contribution in [0.5, 0.6) is 5.75 Å². The number of hydrogen-bond acceptors (Lipinski definition) is 2. The molecule has 1 unspecified atom stereocenters. The number of carboxylic acids is 1. The third kappa shape index (κ3) is 4.20. The van der Waals surface area contributed by atoms with E-state index >= 15 is 0 Å². The number of halogens is 2. The largest absolute Gasteiger partial charge is 0.492 e. The lowest BCUT2D eigenvalue weighted by Gasteiger charge is -2.14. The van der Waals surface area contributed by atoms with Crippen molar-refractivity contribution in [2.45, 2.75) is 12.3 Å². The van der Waals surface area contributed by atoms with Gasteiger partial charge in [-0.1, -0.05) is 35.9 Å². The molecule has 0 radical (unpaired) electrons.